The van der Waals surface area contributed by atoms with Crippen molar-refractivity contribution in [3.63, 3.8) is 0 Å². The molecule has 1 unspecified atom stereocenters. The van der Waals surface area contributed by atoms with Crippen LogP contribution < -0.4 is 0 Å². The maximum Gasteiger partial charge on any atom is 0.0690 e. The van der Waals surface area contributed by atoms with Gasteiger partial charge in [0.15, 0.2) is 0 Å². The van der Waals surface area contributed by atoms with Gasteiger partial charge in [0.1, 0.15) is 0 Å². The lowest BCUT2D eigenvalue weighted by atomic mass is 9.85. The first-order chi connectivity index (χ1) is 13.0. The van der Waals surface area contributed by atoms with E-state index < -0.39 is 0 Å². The quantitative estimate of drug-likeness (QED) is 0.490. The van der Waals surface area contributed by atoms with E-state index in [0.717, 1.165) is 11.1 Å². The van der Waals surface area contributed by atoms with Crippen molar-refractivity contribution < 1.29 is 0 Å². The Morgan fingerprint density at radius 2 is 1.37 bits per heavy atom. The second-order valence-electron chi connectivity index (χ2n) is 7.55. The average Bonchev–Trinajstić information content (AvgIpc) is 2.90. The number of nitrogens with one attached hydrogen (secondary N) is 1. The van der Waals surface area contributed by atoms with E-state index in [0.29, 0.717) is 11.6 Å². The van der Waals surface area contributed by atoms with E-state index in [1.54, 1.807) is 0 Å². The Kier molecular flexibility index (Phi) is 4.31. The molecule has 3 aromatic carbocycles. The average molecular weight is 351 g/mol. The Hall–Kier alpha value is -2.93. The summed E-state index contributed by atoms with van der Waals surface area (Å²) in [7, 11) is 0. The molecule has 1 nitrogen and oxygen atoms in total. The summed E-state index contributed by atoms with van der Waals surface area (Å²) in [6.07, 6.45) is 0. The Morgan fingerprint density at radius 1 is 0.778 bits per heavy atom. The van der Waals surface area contributed by atoms with Crippen LogP contribution in [-0.2, 0) is 0 Å². The molecule has 0 heterocycles. The highest BCUT2D eigenvalue weighted by Gasteiger charge is 2.27. The van der Waals surface area contributed by atoms with E-state index in [2.05, 4.69) is 64.1 Å². The van der Waals surface area contributed by atoms with Gasteiger partial charge in [0.25, 0.3) is 0 Å². The summed E-state index contributed by atoms with van der Waals surface area (Å²) in [6, 6.07) is 23.0. The van der Waals surface area contributed by atoms with Crippen molar-refractivity contribution in [2.24, 2.45) is 5.92 Å². The van der Waals surface area contributed by atoms with Gasteiger partial charge in [0.2, 0.25) is 0 Å². The lowest BCUT2D eigenvalue weighted by molar-refractivity contribution is 0.895. The van der Waals surface area contributed by atoms with Crippen LogP contribution in [0.4, 0.5) is 0 Å². The topological polar surface area (TPSA) is 23.9 Å². The van der Waals surface area contributed by atoms with E-state index in [-0.39, 0.29) is 0 Å². The van der Waals surface area contributed by atoms with Gasteiger partial charge in [-0.2, -0.15) is 0 Å². The Morgan fingerprint density at radius 3 is 1.96 bits per heavy atom. The monoisotopic (exact) mass is 351 g/mol. The highest BCUT2D eigenvalue weighted by molar-refractivity contribution is 6.15. The summed E-state index contributed by atoms with van der Waals surface area (Å²) in [5.74, 6) is 0.383. The molecule has 1 heteroatoms. The number of fused-ring (bicyclic) bond motifs is 1. The van der Waals surface area contributed by atoms with Gasteiger partial charge in [0.05, 0.1) is 5.71 Å². The molecule has 1 atom stereocenters. The van der Waals surface area contributed by atoms with Gasteiger partial charge in [-0.3, -0.25) is 5.41 Å². The van der Waals surface area contributed by atoms with E-state index >= 15 is 0 Å². The molecule has 1 aliphatic carbocycles. The van der Waals surface area contributed by atoms with Gasteiger partial charge < -0.3 is 0 Å². The minimum Gasteiger partial charge on any atom is -0.300 e. The molecule has 0 aliphatic heterocycles. The van der Waals surface area contributed by atoms with Crippen LogP contribution in [-0.4, -0.2) is 5.71 Å². The van der Waals surface area contributed by atoms with Crippen molar-refractivity contribution >= 4 is 22.1 Å². The zero-order chi connectivity index (χ0) is 19.1. The molecule has 0 spiro atoms. The molecule has 27 heavy (non-hydrogen) atoms. The van der Waals surface area contributed by atoms with Crippen molar-refractivity contribution in [3.05, 3.63) is 100 Å². The molecule has 0 aromatic heterocycles. The first kappa shape index (κ1) is 17.5. The summed E-state index contributed by atoms with van der Waals surface area (Å²) in [4.78, 5) is 0. The second kappa shape index (κ2) is 6.66. The summed E-state index contributed by atoms with van der Waals surface area (Å²) in [6.45, 7) is 8.97. The van der Waals surface area contributed by atoms with Gasteiger partial charge >= 0.3 is 0 Å². The van der Waals surface area contributed by atoms with Crippen molar-refractivity contribution in [1.82, 2.24) is 0 Å². The summed E-state index contributed by atoms with van der Waals surface area (Å²) in [5, 5.41) is 11.4. The molecule has 4 rings (SSSR count). The van der Waals surface area contributed by atoms with Crippen LogP contribution in [0.15, 0.2) is 83.4 Å². The fourth-order valence-corrected chi connectivity index (χ4v) is 4.23. The number of hydrogen-bond donors (Lipinski definition) is 1. The molecule has 134 valence electrons. The molecule has 0 fully saturated rings. The minimum absolute atomic E-state index is 0.383. The molecule has 0 radical (unpaired) electrons. The Balaban J connectivity index is 1.99. The third-order valence-corrected chi connectivity index (χ3v) is 6.15. The molecule has 0 bridgehead atoms. The van der Waals surface area contributed by atoms with Crippen LogP contribution >= 0.6 is 0 Å². The molecule has 0 amide bonds. The summed E-state index contributed by atoms with van der Waals surface area (Å²) in [5.41, 5.74) is 9.32. The standard InChI is InChI=1S/C26H25N/c1-16-17(2)19(4)25(18(16)3)23-14-21-12-8-9-13-22(21)15-24(23)26(27)20-10-6-5-7-11-20/h5-15,18,27H,1-4H3. The fourth-order valence-electron chi connectivity index (χ4n) is 4.23. The van der Waals surface area contributed by atoms with Crippen LogP contribution in [0, 0.1) is 11.3 Å². The maximum atomic E-state index is 8.95. The zero-order valence-corrected chi connectivity index (χ0v) is 16.4. The molecular formula is C26H25N. The van der Waals surface area contributed by atoms with E-state index in [9.17, 15) is 0 Å². The van der Waals surface area contributed by atoms with E-state index in [1.165, 1.54) is 38.6 Å². The Labute approximate surface area is 161 Å². The zero-order valence-electron chi connectivity index (χ0n) is 16.4. The predicted octanol–water partition coefficient (Wildman–Crippen LogP) is 7.02. The van der Waals surface area contributed by atoms with Crippen LogP contribution in [0.25, 0.3) is 16.3 Å². The minimum atomic E-state index is 0.383. The highest BCUT2D eigenvalue weighted by atomic mass is 14.4. The highest BCUT2D eigenvalue weighted by Crippen LogP contribution is 2.44. The number of benzene rings is 3. The SMILES string of the molecule is CC1=C(C)C(C)C(c2cc3ccccc3cc2C(=N)c2ccccc2)=C1C. The van der Waals surface area contributed by atoms with E-state index in [1.807, 2.05) is 30.3 Å². The van der Waals surface area contributed by atoms with Crippen molar-refractivity contribution in [2.45, 2.75) is 27.7 Å². The summed E-state index contributed by atoms with van der Waals surface area (Å²) >= 11 is 0. The van der Waals surface area contributed by atoms with Crippen molar-refractivity contribution in [3.8, 4) is 0 Å². The smallest absolute Gasteiger partial charge is 0.0690 e. The molecular weight excluding hydrogens is 326 g/mol. The predicted molar refractivity (Wildman–Crippen MR) is 116 cm³/mol. The van der Waals surface area contributed by atoms with Gasteiger partial charge in [-0.15, -0.1) is 0 Å². The maximum absolute atomic E-state index is 8.95. The van der Waals surface area contributed by atoms with Crippen LogP contribution in [0.5, 0.6) is 0 Å². The van der Waals surface area contributed by atoms with Crippen LogP contribution in [0.2, 0.25) is 0 Å². The van der Waals surface area contributed by atoms with Crippen molar-refractivity contribution in [2.75, 3.05) is 0 Å². The lowest BCUT2D eigenvalue weighted by Crippen LogP contribution is -2.08. The first-order valence-electron chi connectivity index (χ1n) is 9.55. The molecule has 3 aromatic rings. The largest absolute Gasteiger partial charge is 0.300 e. The van der Waals surface area contributed by atoms with Crippen LogP contribution in [0.1, 0.15) is 44.4 Å². The van der Waals surface area contributed by atoms with Gasteiger partial charge in [0, 0.05) is 17.0 Å². The van der Waals surface area contributed by atoms with E-state index in [4.69, 9.17) is 5.41 Å². The van der Waals surface area contributed by atoms with Gasteiger partial charge in [-0.05, 0) is 66.0 Å². The van der Waals surface area contributed by atoms with Gasteiger partial charge in [-0.25, -0.2) is 0 Å². The normalized spacial score (nSPS) is 17.1. The Bertz CT molecular complexity index is 1110. The molecule has 0 saturated carbocycles. The molecule has 1 aliphatic rings. The number of hydrogen-bond acceptors (Lipinski definition) is 1. The number of rotatable bonds is 3. The molecule has 0 saturated heterocycles. The number of allylic oxidation sites excluding steroid dienone is 4. The van der Waals surface area contributed by atoms with Gasteiger partial charge in [-0.1, -0.05) is 67.1 Å². The third kappa shape index (κ3) is 2.84. The third-order valence-electron chi connectivity index (χ3n) is 6.15. The fraction of sp³-hybridized carbons (Fsp3) is 0.192. The first-order valence-corrected chi connectivity index (χ1v) is 9.55. The summed E-state index contributed by atoms with van der Waals surface area (Å²) < 4.78 is 0. The molecule has 1 N–H and O–H groups in total. The lowest BCUT2D eigenvalue weighted by Gasteiger charge is -2.19. The van der Waals surface area contributed by atoms with Crippen molar-refractivity contribution in [1.29, 1.82) is 5.41 Å². The van der Waals surface area contributed by atoms with Crippen LogP contribution in [0.3, 0.4) is 0 Å². The second-order valence-corrected chi connectivity index (χ2v) is 7.55.